The van der Waals surface area contributed by atoms with E-state index in [0.717, 1.165) is 50.4 Å². The summed E-state index contributed by atoms with van der Waals surface area (Å²) in [7, 11) is -6.00. The lowest BCUT2D eigenvalue weighted by Crippen LogP contribution is -2.28. The second kappa shape index (κ2) is 12.6. The molecule has 11 heteroatoms. The van der Waals surface area contributed by atoms with Crippen LogP contribution in [0.4, 0.5) is 13.2 Å². The molecule has 3 aromatic heterocycles. The van der Waals surface area contributed by atoms with Crippen LogP contribution in [0.15, 0.2) is 150 Å². The smallest absolute Gasteiger partial charge is 0.456 e. The summed E-state index contributed by atoms with van der Waals surface area (Å²) in [6.07, 6.45) is 0. The summed E-state index contributed by atoms with van der Waals surface area (Å²) in [6, 6.07) is 44.7. The first-order chi connectivity index (χ1) is 26.1. The fourth-order valence-corrected chi connectivity index (χ4v) is 7.01. The number of fused-ring (bicyclic) bond motifs is 6. The Bertz CT molecular complexity index is 3030. The number of alkyl halides is 3. The maximum atomic E-state index is 13.4. The van der Waals surface area contributed by atoms with E-state index in [-0.39, 0.29) is 11.1 Å². The minimum absolute atomic E-state index is 0.0658. The molecule has 0 atom stereocenters. The van der Waals surface area contributed by atoms with Gasteiger partial charge in [0.25, 0.3) is 0 Å². The molecular formula is C43H24F3N3O4S. The Labute approximate surface area is 306 Å². The number of benzene rings is 6. The second-order valence-electron chi connectivity index (χ2n) is 12.4. The van der Waals surface area contributed by atoms with Crippen molar-refractivity contribution >= 4 is 53.9 Å². The molecule has 0 aliphatic rings. The average Bonchev–Trinajstić information content (AvgIpc) is 3.71. The zero-order chi connectivity index (χ0) is 37.0. The Morgan fingerprint density at radius 2 is 1.20 bits per heavy atom. The van der Waals surface area contributed by atoms with Gasteiger partial charge in [-0.2, -0.15) is 21.6 Å². The van der Waals surface area contributed by atoms with E-state index in [4.69, 9.17) is 14.4 Å². The quantitative estimate of drug-likeness (QED) is 0.0994. The summed E-state index contributed by atoms with van der Waals surface area (Å²) in [5, 5.41) is 2.96. The second-order valence-corrected chi connectivity index (χ2v) is 14.0. The van der Waals surface area contributed by atoms with E-state index in [1.807, 2.05) is 108 Å². The van der Waals surface area contributed by atoms with Crippen LogP contribution in [-0.4, -0.2) is 28.5 Å². The van der Waals surface area contributed by atoms with Crippen molar-refractivity contribution in [1.29, 1.82) is 0 Å². The molecule has 9 rings (SSSR count). The predicted octanol–water partition coefficient (Wildman–Crippen LogP) is 10.4. The third kappa shape index (κ3) is 5.79. The number of aromatic nitrogens is 3. The fourth-order valence-electron chi connectivity index (χ4n) is 6.54. The van der Waals surface area contributed by atoms with Crippen molar-refractivity contribution < 1.29 is 30.2 Å². The van der Waals surface area contributed by atoms with Crippen LogP contribution in [0.5, 0.6) is 5.75 Å². The Morgan fingerprint density at radius 3 is 1.89 bits per heavy atom. The maximum absolute atomic E-state index is 13.4. The number of rotatable bonds is 5. The lowest BCUT2D eigenvalue weighted by atomic mass is 10.1. The third-order valence-electron chi connectivity index (χ3n) is 9.03. The summed E-state index contributed by atoms with van der Waals surface area (Å²) in [6.45, 7) is 0. The molecule has 0 unspecified atom stereocenters. The van der Waals surface area contributed by atoms with Crippen LogP contribution in [0.2, 0.25) is 0 Å². The van der Waals surface area contributed by atoms with Crippen molar-refractivity contribution in [3.05, 3.63) is 157 Å². The predicted molar refractivity (Wildman–Crippen MR) is 203 cm³/mol. The van der Waals surface area contributed by atoms with Crippen molar-refractivity contribution in [2.75, 3.05) is 0 Å². The molecule has 0 spiro atoms. The summed E-state index contributed by atoms with van der Waals surface area (Å²) in [5.74, 6) is 5.76. The van der Waals surface area contributed by atoms with Gasteiger partial charge in [0.05, 0.1) is 28.0 Å². The van der Waals surface area contributed by atoms with E-state index in [1.54, 1.807) is 30.3 Å². The van der Waals surface area contributed by atoms with Crippen LogP contribution in [0, 0.1) is 11.8 Å². The Morgan fingerprint density at radius 1 is 0.593 bits per heavy atom. The van der Waals surface area contributed by atoms with Gasteiger partial charge in [-0.1, -0.05) is 109 Å². The van der Waals surface area contributed by atoms with E-state index in [0.29, 0.717) is 27.9 Å². The van der Waals surface area contributed by atoms with Crippen LogP contribution in [0.1, 0.15) is 11.1 Å². The largest absolute Gasteiger partial charge is 0.534 e. The van der Waals surface area contributed by atoms with Crippen molar-refractivity contribution in [3.8, 4) is 46.1 Å². The maximum Gasteiger partial charge on any atom is 0.534 e. The van der Waals surface area contributed by atoms with Crippen molar-refractivity contribution in [1.82, 2.24) is 14.5 Å². The van der Waals surface area contributed by atoms with Crippen LogP contribution in [0.25, 0.3) is 72.2 Å². The van der Waals surface area contributed by atoms with Gasteiger partial charge in [-0.15, -0.1) is 0 Å². The lowest BCUT2D eigenvalue weighted by Gasteiger charge is -2.11. The molecule has 262 valence electrons. The van der Waals surface area contributed by atoms with E-state index >= 15 is 0 Å². The molecule has 0 saturated heterocycles. The summed E-state index contributed by atoms with van der Waals surface area (Å²) in [4.78, 5) is 10.1. The van der Waals surface area contributed by atoms with Crippen LogP contribution < -0.4 is 4.18 Å². The van der Waals surface area contributed by atoms with Crippen LogP contribution >= 0.6 is 0 Å². The summed E-state index contributed by atoms with van der Waals surface area (Å²) in [5.41, 5.74) is 0.461. The molecule has 0 amide bonds. The van der Waals surface area contributed by atoms with Gasteiger partial charge in [0, 0.05) is 44.3 Å². The highest BCUT2D eigenvalue weighted by Crippen LogP contribution is 2.37. The molecule has 3 heterocycles. The van der Waals surface area contributed by atoms with Gasteiger partial charge in [0.2, 0.25) is 5.95 Å². The molecule has 0 fully saturated rings. The van der Waals surface area contributed by atoms with Crippen LogP contribution in [-0.2, 0) is 10.1 Å². The first-order valence-electron chi connectivity index (χ1n) is 16.6. The fraction of sp³-hybridized carbons (Fsp3) is 0.0233. The first kappa shape index (κ1) is 33.0. The number of hydrogen-bond acceptors (Lipinski definition) is 6. The summed E-state index contributed by atoms with van der Waals surface area (Å²) >= 11 is 0. The third-order valence-corrected chi connectivity index (χ3v) is 10.00. The number of para-hydroxylation sites is 2. The highest BCUT2D eigenvalue weighted by Gasteiger charge is 2.49. The molecule has 54 heavy (non-hydrogen) atoms. The average molecular weight is 736 g/mol. The van der Waals surface area contributed by atoms with Gasteiger partial charge in [-0.3, -0.25) is 4.57 Å². The first-order valence-corrected chi connectivity index (χ1v) is 18.1. The van der Waals surface area contributed by atoms with Crippen molar-refractivity contribution in [2.24, 2.45) is 0 Å². The Hall–Kier alpha value is -6.90. The Balaban J connectivity index is 1.20. The number of halogens is 3. The molecule has 0 radical (unpaired) electrons. The molecule has 0 aliphatic heterocycles. The standard InChI is InChI=1S/C43H24F3N3O4S/c44-43(45,46)54(50,51)53-40-26-41-34(32-16-8-10-18-39(32)52-41)24-30(40)21-19-27-20-22-38-33(23-27)31-15-7-9-17-37(31)49(38)42-47-35(28-11-3-1-4-12-28)25-36(48-42)29-13-5-2-6-14-29/h1-18,20,22-26H. The van der Waals surface area contributed by atoms with Gasteiger partial charge >= 0.3 is 15.6 Å². The zero-order valence-corrected chi connectivity index (χ0v) is 28.7. The SMILES string of the molecule is O=S(=O)(Oc1cc2oc3ccccc3c2cc1C#Cc1ccc2c(c1)c1ccccc1n2-c1nc(-c2ccccc2)cc(-c2ccccc2)n1)C(F)(F)F. The molecule has 7 nitrogen and oxygen atoms in total. The van der Waals surface area contributed by atoms with Crippen molar-refractivity contribution in [2.45, 2.75) is 5.51 Å². The number of hydrogen-bond donors (Lipinski definition) is 0. The summed E-state index contributed by atoms with van der Waals surface area (Å²) < 4.78 is 76.9. The molecule has 6 aromatic carbocycles. The van der Waals surface area contributed by atoms with Gasteiger partial charge < -0.3 is 8.60 Å². The van der Waals surface area contributed by atoms with E-state index in [2.05, 4.69) is 16.0 Å². The lowest BCUT2D eigenvalue weighted by molar-refractivity contribution is -0.0500. The monoisotopic (exact) mass is 735 g/mol. The number of nitrogens with zero attached hydrogens (tertiary/aromatic N) is 3. The molecule has 0 N–H and O–H groups in total. The highest BCUT2D eigenvalue weighted by molar-refractivity contribution is 7.88. The van der Waals surface area contributed by atoms with Gasteiger partial charge in [0.1, 0.15) is 11.2 Å². The van der Waals surface area contributed by atoms with Gasteiger partial charge in [-0.05, 0) is 42.5 Å². The topological polar surface area (TPSA) is 87.2 Å². The van der Waals surface area contributed by atoms with E-state index in [9.17, 15) is 21.6 Å². The highest BCUT2D eigenvalue weighted by atomic mass is 32.2. The van der Waals surface area contributed by atoms with E-state index in [1.165, 1.54) is 6.07 Å². The zero-order valence-electron chi connectivity index (χ0n) is 27.9. The van der Waals surface area contributed by atoms with Gasteiger partial charge in [0.15, 0.2) is 5.75 Å². The minimum atomic E-state index is -6.00. The minimum Gasteiger partial charge on any atom is -0.456 e. The Kier molecular flexibility index (Phi) is 7.72. The number of furan rings is 1. The van der Waals surface area contributed by atoms with E-state index < -0.39 is 21.4 Å². The molecule has 0 aliphatic carbocycles. The normalized spacial score (nSPS) is 12.0. The molecule has 9 aromatic rings. The molecular weight excluding hydrogens is 712 g/mol. The van der Waals surface area contributed by atoms with Crippen LogP contribution in [0.3, 0.4) is 0 Å². The van der Waals surface area contributed by atoms with Gasteiger partial charge in [-0.25, -0.2) is 9.97 Å². The molecule has 0 bridgehead atoms. The molecule has 0 saturated carbocycles. The van der Waals surface area contributed by atoms with Crippen molar-refractivity contribution in [3.63, 3.8) is 0 Å².